The van der Waals surface area contributed by atoms with Crippen molar-refractivity contribution >= 4 is 17.5 Å². The van der Waals surface area contributed by atoms with Gasteiger partial charge in [0.25, 0.3) is 0 Å². The lowest BCUT2D eigenvalue weighted by Gasteiger charge is -2.09. The summed E-state index contributed by atoms with van der Waals surface area (Å²) in [4.78, 5) is 8.59. The van der Waals surface area contributed by atoms with Crippen LogP contribution in [0.3, 0.4) is 0 Å². The third-order valence-electron chi connectivity index (χ3n) is 2.54. The third-order valence-corrected chi connectivity index (χ3v) is 2.54. The topological polar surface area (TPSA) is 59.1 Å². The Hall–Kier alpha value is -2.21. The Morgan fingerprint density at radius 1 is 1.25 bits per heavy atom. The first-order chi connectivity index (χ1) is 9.67. The predicted molar refractivity (Wildman–Crippen MR) is 76.8 cm³/mol. The molecule has 106 valence electrons. The van der Waals surface area contributed by atoms with Crippen LogP contribution in [0.4, 0.5) is 21.8 Å². The van der Waals surface area contributed by atoms with Crippen molar-refractivity contribution in [3.05, 3.63) is 41.8 Å². The monoisotopic (exact) mass is 276 g/mol. The Balaban J connectivity index is 2.11. The third kappa shape index (κ3) is 4.17. The summed E-state index contributed by atoms with van der Waals surface area (Å²) in [6, 6.07) is 8.03. The lowest BCUT2D eigenvalue weighted by atomic mass is 10.3. The van der Waals surface area contributed by atoms with Crippen LogP contribution in [0.2, 0.25) is 0 Å². The first-order valence-corrected chi connectivity index (χ1v) is 6.28. The van der Waals surface area contributed by atoms with E-state index in [1.54, 1.807) is 25.3 Å². The first kappa shape index (κ1) is 14.2. The number of halogens is 1. The maximum absolute atomic E-state index is 13.1. The lowest BCUT2D eigenvalue weighted by Crippen LogP contribution is -2.11. The van der Waals surface area contributed by atoms with Gasteiger partial charge in [-0.05, 0) is 25.1 Å². The van der Waals surface area contributed by atoms with E-state index in [9.17, 15) is 4.39 Å². The van der Waals surface area contributed by atoms with E-state index in [0.29, 0.717) is 30.6 Å². The Morgan fingerprint density at radius 2 is 2.10 bits per heavy atom. The second kappa shape index (κ2) is 6.81. The van der Waals surface area contributed by atoms with Gasteiger partial charge in [-0.3, -0.25) is 0 Å². The lowest BCUT2D eigenvalue weighted by molar-refractivity contribution is 0.210. The molecule has 2 rings (SSSR count). The van der Waals surface area contributed by atoms with E-state index in [0.717, 1.165) is 5.69 Å². The van der Waals surface area contributed by atoms with Crippen LogP contribution in [0.5, 0.6) is 0 Å². The Bertz CT molecular complexity index is 577. The van der Waals surface area contributed by atoms with Crippen molar-refractivity contribution in [2.45, 2.75) is 6.92 Å². The molecule has 20 heavy (non-hydrogen) atoms. The summed E-state index contributed by atoms with van der Waals surface area (Å²) in [5.41, 5.74) is 1.46. The Labute approximate surface area is 117 Å². The first-order valence-electron chi connectivity index (χ1n) is 6.28. The molecule has 2 aromatic rings. The van der Waals surface area contributed by atoms with Gasteiger partial charge in [-0.15, -0.1) is 0 Å². The summed E-state index contributed by atoms with van der Waals surface area (Å²) in [6.07, 6.45) is 0. The highest BCUT2D eigenvalue weighted by molar-refractivity contribution is 5.57. The maximum atomic E-state index is 13.1. The van der Waals surface area contributed by atoms with Gasteiger partial charge in [-0.25, -0.2) is 9.37 Å². The number of ether oxygens (including phenoxy) is 1. The van der Waals surface area contributed by atoms with Crippen LogP contribution in [0.1, 0.15) is 5.69 Å². The van der Waals surface area contributed by atoms with Gasteiger partial charge in [-0.1, -0.05) is 6.07 Å². The molecular formula is C14H17FN4O. The molecule has 0 saturated heterocycles. The standard InChI is InChI=1S/C14H17FN4O/c1-10-8-13(18-12-5-3-4-11(15)9-12)19-14(17-10)16-6-7-20-2/h3-5,8-9H,6-7H2,1-2H3,(H2,16,17,18,19). The molecule has 1 aromatic heterocycles. The van der Waals surface area contributed by atoms with E-state index in [1.807, 2.05) is 6.92 Å². The summed E-state index contributed by atoms with van der Waals surface area (Å²) in [5, 5.41) is 6.12. The smallest absolute Gasteiger partial charge is 0.224 e. The fourth-order valence-corrected chi connectivity index (χ4v) is 1.69. The van der Waals surface area contributed by atoms with Crippen LogP contribution in [-0.4, -0.2) is 30.2 Å². The fraction of sp³-hybridized carbons (Fsp3) is 0.286. The quantitative estimate of drug-likeness (QED) is 0.794. The van der Waals surface area contributed by atoms with Gasteiger partial charge < -0.3 is 15.4 Å². The molecule has 0 aliphatic carbocycles. The van der Waals surface area contributed by atoms with Crippen molar-refractivity contribution in [2.24, 2.45) is 0 Å². The van der Waals surface area contributed by atoms with Gasteiger partial charge in [0, 0.05) is 31.1 Å². The molecule has 0 aliphatic rings. The molecule has 5 nitrogen and oxygen atoms in total. The van der Waals surface area contributed by atoms with Crippen LogP contribution in [0.25, 0.3) is 0 Å². The minimum atomic E-state index is -0.292. The normalized spacial score (nSPS) is 10.3. The summed E-state index contributed by atoms with van der Waals surface area (Å²) < 4.78 is 18.1. The SMILES string of the molecule is COCCNc1nc(C)cc(Nc2cccc(F)c2)n1. The van der Waals surface area contributed by atoms with E-state index in [2.05, 4.69) is 20.6 Å². The minimum Gasteiger partial charge on any atom is -0.383 e. The molecule has 0 spiro atoms. The van der Waals surface area contributed by atoms with E-state index >= 15 is 0 Å². The average molecular weight is 276 g/mol. The van der Waals surface area contributed by atoms with Gasteiger partial charge >= 0.3 is 0 Å². The van der Waals surface area contributed by atoms with Crippen LogP contribution < -0.4 is 10.6 Å². The largest absolute Gasteiger partial charge is 0.383 e. The number of aryl methyl sites for hydroxylation is 1. The number of aromatic nitrogens is 2. The molecule has 0 fully saturated rings. The maximum Gasteiger partial charge on any atom is 0.224 e. The molecule has 1 heterocycles. The number of benzene rings is 1. The highest BCUT2D eigenvalue weighted by Gasteiger charge is 2.03. The van der Waals surface area contributed by atoms with Gasteiger partial charge in [0.15, 0.2) is 0 Å². The van der Waals surface area contributed by atoms with E-state index in [-0.39, 0.29) is 5.82 Å². The Morgan fingerprint density at radius 3 is 2.85 bits per heavy atom. The van der Waals surface area contributed by atoms with Crippen molar-refractivity contribution in [1.29, 1.82) is 0 Å². The van der Waals surface area contributed by atoms with Gasteiger partial charge in [0.2, 0.25) is 5.95 Å². The van der Waals surface area contributed by atoms with Gasteiger partial charge in [0.05, 0.1) is 6.61 Å². The van der Waals surface area contributed by atoms with E-state index in [4.69, 9.17) is 4.74 Å². The molecule has 0 bridgehead atoms. The van der Waals surface area contributed by atoms with Gasteiger partial charge in [-0.2, -0.15) is 4.98 Å². The van der Waals surface area contributed by atoms with Gasteiger partial charge in [0.1, 0.15) is 11.6 Å². The molecule has 0 atom stereocenters. The molecule has 0 saturated carbocycles. The fourth-order valence-electron chi connectivity index (χ4n) is 1.69. The van der Waals surface area contributed by atoms with Crippen molar-refractivity contribution in [3.63, 3.8) is 0 Å². The van der Waals surface area contributed by atoms with E-state index in [1.165, 1.54) is 12.1 Å². The molecule has 0 amide bonds. The molecule has 0 aliphatic heterocycles. The number of hydrogen-bond donors (Lipinski definition) is 2. The molecular weight excluding hydrogens is 259 g/mol. The van der Waals surface area contributed by atoms with E-state index < -0.39 is 0 Å². The zero-order chi connectivity index (χ0) is 14.4. The molecule has 1 aromatic carbocycles. The molecule has 6 heteroatoms. The number of rotatable bonds is 6. The van der Waals surface area contributed by atoms with Crippen molar-refractivity contribution in [2.75, 3.05) is 30.9 Å². The van der Waals surface area contributed by atoms with Crippen molar-refractivity contribution < 1.29 is 9.13 Å². The van der Waals surface area contributed by atoms with Crippen LogP contribution in [-0.2, 0) is 4.74 Å². The predicted octanol–water partition coefficient (Wildman–Crippen LogP) is 2.73. The zero-order valence-electron chi connectivity index (χ0n) is 11.5. The number of anilines is 3. The van der Waals surface area contributed by atoms with Crippen LogP contribution >= 0.6 is 0 Å². The summed E-state index contributed by atoms with van der Waals surface area (Å²) in [5.74, 6) is 0.836. The number of hydrogen-bond acceptors (Lipinski definition) is 5. The summed E-state index contributed by atoms with van der Waals surface area (Å²) >= 11 is 0. The molecule has 0 unspecified atom stereocenters. The van der Waals surface area contributed by atoms with Crippen molar-refractivity contribution in [3.8, 4) is 0 Å². The zero-order valence-corrected chi connectivity index (χ0v) is 11.5. The number of methoxy groups -OCH3 is 1. The Kier molecular flexibility index (Phi) is 4.84. The summed E-state index contributed by atoms with van der Waals surface area (Å²) in [6.45, 7) is 3.07. The second-order valence-electron chi connectivity index (χ2n) is 4.27. The van der Waals surface area contributed by atoms with Crippen molar-refractivity contribution in [1.82, 2.24) is 9.97 Å². The average Bonchev–Trinajstić information content (AvgIpc) is 2.38. The summed E-state index contributed by atoms with van der Waals surface area (Å²) in [7, 11) is 1.63. The highest BCUT2D eigenvalue weighted by Crippen LogP contribution is 2.17. The molecule has 2 N–H and O–H groups in total. The molecule has 0 radical (unpaired) electrons. The second-order valence-corrected chi connectivity index (χ2v) is 4.27. The highest BCUT2D eigenvalue weighted by atomic mass is 19.1. The van der Waals surface area contributed by atoms with Crippen LogP contribution in [0, 0.1) is 12.7 Å². The number of nitrogens with zero attached hydrogens (tertiary/aromatic N) is 2. The minimum absolute atomic E-state index is 0.292. The number of nitrogens with one attached hydrogen (secondary N) is 2. The van der Waals surface area contributed by atoms with Crippen LogP contribution in [0.15, 0.2) is 30.3 Å².